The van der Waals surface area contributed by atoms with E-state index < -0.39 is 6.10 Å². The van der Waals surface area contributed by atoms with Gasteiger partial charge >= 0.3 is 0 Å². The Kier molecular flexibility index (Phi) is 11.8. The van der Waals surface area contributed by atoms with Crippen molar-refractivity contribution >= 4 is 23.4 Å². The number of hydrogen-bond donors (Lipinski definition) is 3. The molecule has 3 saturated heterocycles. The standard InChI is InChI=1S/C33H49ClN6O6/c1-5-23-16-37(10-9-28(23)30(34)21-45-20-26-18-40(26)46-44-4)19-27(41)15-35-32(42)29-14-31(39-11-6-24(29)17-39)36-25-7-12-38(13-8-25)33(43)22(2)3/h5,14,21-22,25-27,36,41H,1,6-13,15-20H2,2-4H3,(H,35,42)/b30-21-/t26?,27-,40?/m0/s1. The van der Waals surface area contributed by atoms with Crippen LogP contribution in [0.2, 0.25) is 0 Å². The number of carbonyl (C=O) groups is 2. The quantitative estimate of drug-likeness (QED) is 0.104. The molecule has 254 valence electrons. The van der Waals surface area contributed by atoms with Gasteiger partial charge in [-0.25, -0.2) is 4.89 Å². The molecule has 2 unspecified atom stereocenters. The van der Waals surface area contributed by atoms with Crippen LogP contribution in [0, 0.1) is 5.92 Å². The first-order valence-corrected chi connectivity index (χ1v) is 16.8. The summed E-state index contributed by atoms with van der Waals surface area (Å²) < 4.78 is 5.66. The Labute approximate surface area is 277 Å². The van der Waals surface area contributed by atoms with Gasteiger partial charge in [0.2, 0.25) is 5.91 Å². The third-order valence-electron chi connectivity index (χ3n) is 9.24. The molecule has 0 aromatic heterocycles. The number of piperidine rings is 1. The lowest BCUT2D eigenvalue weighted by molar-refractivity contribution is -0.377. The van der Waals surface area contributed by atoms with Crippen LogP contribution in [0.4, 0.5) is 0 Å². The highest BCUT2D eigenvalue weighted by Crippen LogP contribution is 2.30. The van der Waals surface area contributed by atoms with Gasteiger partial charge in [-0.15, -0.1) is 10.1 Å². The van der Waals surface area contributed by atoms with Gasteiger partial charge in [0.15, 0.2) is 0 Å². The van der Waals surface area contributed by atoms with Crippen LogP contribution >= 0.6 is 11.6 Å². The molecule has 5 rings (SSSR count). The van der Waals surface area contributed by atoms with E-state index in [4.69, 9.17) is 21.3 Å². The van der Waals surface area contributed by atoms with Gasteiger partial charge in [-0.05, 0) is 48.5 Å². The van der Waals surface area contributed by atoms with Gasteiger partial charge in [0, 0.05) is 76.4 Å². The third-order valence-corrected chi connectivity index (χ3v) is 9.55. The summed E-state index contributed by atoms with van der Waals surface area (Å²) in [5, 5.41) is 19.7. The van der Waals surface area contributed by atoms with E-state index in [0.717, 1.165) is 74.5 Å². The number of fused-ring (bicyclic) bond motifs is 2. The first kappa shape index (κ1) is 34.5. The monoisotopic (exact) mass is 660 g/mol. The number of amides is 2. The largest absolute Gasteiger partial charge is 0.498 e. The molecule has 12 nitrogen and oxygen atoms in total. The number of ether oxygens (including phenoxy) is 1. The van der Waals surface area contributed by atoms with E-state index in [1.807, 2.05) is 24.8 Å². The lowest BCUT2D eigenvalue weighted by Crippen LogP contribution is -2.48. The van der Waals surface area contributed by atoms with Crippen LogP contribution in [0.25, 0.3) is 0 Å². The molecule has 0 saturated carbocycles. The zero-order valence-corrected chi connectivity index (χ0v) is 28.1. The molecule has 0 aromatic rings. The molecule has 46 heavy (non-hydrogen) atoms. The highest BCUT2D eigenvalue weighted by Gasteiger charge is 2.37. The van der Waals surface area contributed by atoms with Crippen molar-refractivity contribution in [1.29, 1.82) is 0 Å². The number of aliphatic hydroxyl groups excluding tert-OH is 1. The van der Waals surface area contributed by atoms with Crippen molar-refractivity contribution < 1.29 is 29.3 Å². The van der Waals surface area contributed by atoms with Crippen LogP contribution in [0.5, 0.6) is 0 Å². The number of carbonyl (C=O) groups excluding carboxylic acids is 2. The highest BCUT2D eigenvalue weighted by molar-refractivity contribution is 6.32. The summed E-state index contributed by atoms with van der Waals surface area (Å²) in [7, 11) is 1.46. The van der Waals surface area contributed by atoms with Crippen LogP contribution in [0.15, 0.2) is 58.1 Å². The van der Waals surface area contributed by atoms with Gasteiger partial charge in [0.1, 0.15) is 18.7 Å². The van der Waals surface area contributed by atoms with E-state index in [1.54, 1.807) is 17.4 Å². The minimum atomic E-state index is -0.726. The summed E-state index contributed by atoms with van der Waals surface area (Å²) in [4.78, 5) is 41.6. The van der Waals surface area contributed by atoms with Crippen molar-refractivity contribution in [1.82, 2.24) is 30.4 Å². The van der Waals surface area contributed by atoms with Crippen LogP contribution in [-0.4, -0.2) is 127 Å². The number of allylic oxidation sites excluding steroid dienone is 1. The molecule has 5 aliphatic rings. The fourth-order valence-corrected chi connectivity index (χ4v) is 6.79. The van der Waals surface area contributed by atoms with Gasteiger partial charge in [-0.3, -0.25) is 14.5 Å². The number of β-amino-alcohol motifs (C(OH)–C–C–N with tert-alkyl or cyclic N) is 1. The molecule has 3 fully saturated rings. The maximum atomic E-state index is 13.3. The number of hydroxylamine groups is 2. The number of hydrogen-bond acceptors (Lipinski definition) is 10. The number of likely N-dealkylation sites (tertiary alicyclic amines) is 1. The van der Waals surface area contributed by atoms with Gasteiger partial charge in [0.25, 0.3) is 5.91 Å². The lowest BCUT2D eigenvalue weighted by Gasteiger charge is -2.36. The third kappa shape index (κ3) is 8.72. The van der Waals surface area contributed by atoms with Crippen LogP contribution in [-0.2, 0) is 24.2 Å². The van der Waals surface area contributed by atoms with Crippen molar-refractivity contribution in [2.75, 3.05) is 72.6 Å². The Balaban J connectivity index is 1.07. The maximum absolute atomic E-state index is 13.3. The summed E-state index contributed by atoms with van der Waals surface area (Å²) in [6.45, 7) is 14.1. The first-order chi connectivity index (χ1) is 22.2. The molecule has 2 bridgehead atoms. The van der Waals surface area contributed by atoms with Crippen LogP contribution in [0.1, 0.15) is 39.5 Å². The maximum Gasteiger partial charge on any atom is 0.251 e. The fourth-order valence-electron chi connectivity index (χ4n) is 6.51. The number of rotatable bonds is 15. The Hall–Kier alpha value is -2.87. The molecule has 0 spiro atoms. The van der Waals surface area contributed by atoms with E-state index >= 15 is 0 Å². The average Bonchev–Trinajstić information content (AvgIpc) is 3.66. The Morgan fingerprint density at radius 2 is 1.96 bits per heavy atom. The predicted octanol–water partition coefficient (Wildman–Crippen LogP) is 2.02. The Bertz CT molecular complexity index is 1270. The van der Waals surface area contributed by atoms with Crippen molar-refractivity contribution in [3.8, 4) is 0 Å². The molecule has 5 aliphatic heterocycles. The van der Waals surface area contributed by atoms with Gasteiger partial charge in [-0.2, -0.15) is 0 Å². The highest BCUT2D eigenvalue weighted by atomic mass is 35.5. The van der Waals surface area contributed by atoms with E-state index in [1.165, 1.54) is 7.11 Å². The second kappa shape index (κ2) is 15.8. The van der Waals surface area contributed by atoms with Crippen molar-refractivity contribution in [3.05, 3.63) is 58.1 Å². The molecular formula is C33H49ClN6O6. The zero-order chi connectivity index (χ0) is 32.8. The van der Waals surface area contributed by atoms with E-state index in [9.17, 15) is 14.7 Å². The van der Waals surface area contributed by atoms with E-state index in [0.29, 0.717) is 43.3 Å². The van der Waals surface area contributed by atoms with Gasteiger partial charge in [0.05, 0.1) is 24.3 Å². The van der Waals surface area contributed by atoms with Crippen molar-refractivity contribution in [2.24, 2.45) is 5.92 Å². The summed E-state index contributed by atoms with van der Waals surface area (Å²) >= 11 is 6.58. The molecule has 0 radical (unpaired) electrons. The number of halogens is 1. The Morgan fingerprint density at radius 1 is 1.17 bits per heavy atom. The SMILES string of the molecule is C=CC1=C(/C(Cl)=C/OCC2CN2OOC)CCN(C[C@@H](O)CNC(=O)C2=C3CCN(C3)C(NC3CCN(C(=O)C(C)C)CC3)=C2)C1. The van der Waals surface area contributed by atoms with E-state index in [2.05, 4.69) is 31.9 Å². The normalized spacial score (nSPS) is 24.7. The second-order valence-corrected chi connectivity index (χ2v) is 13.4. The first-order valence-electron chi connectivity index (χ1n) is 16.4. The predicted molar refractivity (Wildman–Crippen MR) is 175 cm³/mol. The molecule has 0 aromatic carbocycles. The summed E-state index contributed by atoms with van der Waals surface area (Å²) in [6.07, 6.45) is 7.92. The molecule has 3 N–H and O–H groups in total. The van der Waals surface area contributed by atoms with Crippen molar-refractivity contribution in [3.63, 3.8) is 0 Å². The smallest absolute Gasteiger partial charge is 0.251 e. The molecular weight excluding hydrogens is 612 g/mol. The topological polar surface area (TPSA) is 119 Å². The van der Waals surface area contributed by atoms with Crippen LogP contribution in [0.3, 0.4) is 0 Å². The number of nitrogens with zero attached hydrogens (tertiary/aromatic N) is 4. The van der Waals surface area contributed by atoms with Gasteiger partial charge < -0.3 is 30.3 Å². The van der Waals surface area contributed by atoms with Gasteiger partial charge in [-0.1, -0.05) is 38.1 Å². The molecule has 2 amide bonds. The fraction of sp³-hybridized carbons (Fsp3) is 0.636. The number of nitrogens with one attached hydrogen (secondary N) is 2. The van der Waals surface area contributed by atoms with Crippen LogP contribution < -0.4 is 10.6 Å². The number of aliphatic hydroxyl groups is 1. The summed E-state index contributed by atoms with van der Waals surface area (Å²) in [5.41, 5.74) is 3.80. The Morgan fingerprint density at radius 3 is 2.67 bits per heavy atom. The van der Waals surface area contributed by atoms with Crippen molar-refractivity contribution in [2.45, 2.75) is 57.7 Å². The summed E-state index contributed by atoms with van der Waals surface area (Å²) in [5.74, 6) is 1.05. The summed E-state index contributed by atoms with van der Waals surface area (Å²) in [6, 6.07) is 0.407. The minimum Gasteiger partial charge on any atom is -0.498 e. The molecule has 3 atom stereocenters. The molecule has 13 heteroatoms. The minimum absolute atomic E-state index is 0.0158. The van der Waals surface area contributed by atoms with E-state index in [-0.39, 0.29) is 36.4 Å². The zero-order valence-electron chi connectivity index (χ0n) is 27.3. The molecule has 5 heterocycles. The second-order valence-electron chi connectivity index (χ2n) is 13.0. The molecule has 0 aliphatic carbocycles. The average molecular weight is 661 g/mol. The lowest BCUT2D eigenvalue weighted by atomic mass is 9.99.